The average Bonchev–Trinajstić information content (AvgIpc) is 3.36. The molecule has 1 N–H and O–H groups in total. The number of amides is 1. The zero-order valence-electron chi connectivity index (χ0n) is 22.4. The quantitative estimate of drug-likeness (QED) is 0.332. The van der Waals surface area contributed by atoms with Gasteiger partial charge < -0.3 is 14.5 Å². The van der Waals surface area contributed by atoms with Gasteiger partial charge in [-0.15, -0.1) is 0 Å². The first-order valence-corrected chi connectivity index (χ1v) is 12.7. The van der Waals surface area contributed by atoms with Crippen molar-refractivity contribution in [3.63, 3.8) is 0 Å². The third kappa shape index (κ3) is 5.38. The number of aryl methyl sites for hydroxylation is 1. The first kappa shape index (κ1) is 26.4. The summed E-state index contributed by atoms with van der Waals surface area (Å²) in [6.07, 6.45) is 2.40. The minimum Gasteiger partial charge on any atom is -0.467 e. The number of benzene rings is 2. The molecular weight excluding hydrogens is 466 g/mol. The van der Waals surface area contributed by atoms with E-state index in [4.69, 9.17) is 9.15 Å². The number of rotatable bonds is 7. The second-order valence-electron chi connectivity index (χ2n) is 11.2. The summed E-state index contributed by atoms with van der Waals surface area (Å²) in [5, 5.41) is 2.68. The smallest absolute Gasteiger partial charge is 0.328 e. The maximum atomic E-state index is 13.5. The lowest BCUT2D eigenvalue weighted by Crippen LogP contribution is -2.43. The van der Waals surface area contributed by atoms with Crippen LogP contribution >= 0.6 is 0 Å². The summed E-state index contributed by atoms with van der Waals surface area (Å²) in [6, 6.07) is 15.6. The summed E-state index contributed by atoms with van der Waals surface area (Å²) in [5.41, 5.74) is 4.80. The molecule has 6 heteroatoms. The average molecular weight is 502 g/mol. The highest BCUT2D eigenvalue weighted by atomic mass is 16.5. The number of hydrogen-bond acceptors (Lipinski definition) is 5. The molecule has 3 aromatic rings. The van der Waals surface area contributed by atoms with Gasteiger partial charge in [0.1, 0.15) is 6.04 Å². The number of nitrogens with one attached hydrogen (secondary N) is 1. The first-order valence-electron chi connectivity index (χ1n) is 12.7. The Morgan fingerprint density at radius 2 is 1.51 bits per heavy atom. The maximum absolute atomic E-state index is 13.5. The molecule has 0 spiro atoms. The molecule has 1 atom stereocenters. The lowest BCUT2D eigenvalue weighted by molar-refractivity contribution is -0.142. The molecule has 4 rings (SSSR count). The van der Waals surface area contributed by atoms with E-state index in [0.717, 1.165) is 24.0 Å². The number of carbonyl (C=O) groups excluding carboxylic acids is 3. The van der Waals surface area contributed by atoms with Crippen LogP contribution in [0.15, 0.2) is 59.0 Å². The Bertz CT molecular complexity index is 1330. The van der Waals surface area contributed by atoms with Crippen molar-refractivity contribution in [3.8, 4) is 0 Å². The van der Waals surface area contributed by atoms with Crippen LogP contribution in [0, 0.1) is 6.92 Å². The molecule has 0 radical (unpaired) electrons. The Hall–Kier alpha value is -3.67. The Morgan fingerprint density at radius 3 is 2.14 bits per heavy atom. The van der Waals surface area contributed by atoms with E-state index in [1.165, 1.54) is 30.4 Å². The molecule has 1 aliphatic rings. The molecule has 1 amide bonds. The summed E-state index contributed by atoms with van der Waals surface area (Å²) in [6.45, 7) is 10.9. The Morgan fingerprint density at radius 1 is 0.919 bits per heavy atom. The van der Waals surface area contributed by atoms with Crippen LogP contribution in [0.25, 0.3) is 0 Å². The zero-order valence-corrected chi connectivity index (χ0v) is 22.4. The molecule has 0 saturated carbocycles. The van der Waals surface area contributed by atoms with Crippen LogP contribution in [-0.2, 0) is 26.8 Å². The van der Waals surface area contributed by atoms with Gasteiger partial charge >= 0.3 is 5.97 Å². The lowest BCUT2D eigenvalue weighted by Gasteiger charge is -2.42. The van der Waals surface area contributed by atoms with Crippen LogP contribution in [-0.4, -0.2) is 30.8 Å². The van der Waals surface area contributed by atoms with Crippen LogP contribution in [0.1, 0.15) is 89.5 Å². The van der Waals surface area contributed by atoms with Gasteiger partial charge in [0, 0.05) is 12.0 Å². The number of ether oxygens (including phenoxy) is 1. The number of carbonyl (C=O) groups is 3. The molecule has 2 aromatic carbocycles. The van der Waals surface area contributed by atoms with E-state index < -0.39 is 17.9 Å². The van der Waals surface area contributed by atoms with E-state index in [-0.39, 0.29) is 34.6 Å². The third-order valence-corrected chi connectivity index (χ3v) is 7.57. The minimum atomic E-state index is -0.891. The van der Waals surface area contributed by atoms with Gasteiger partial charge in [0.15, 0.2) is 11.5 Å². The van der Waals surface area contributed by atoms with Crippen molar-refractivity contribution in [2.45, 2.75) is 70.8 Å². The molecule has 0 bridgehead atoms. The van der Waals surface area contributed by atoms with Gasteiger partial charge in [-0.25, -0.2) is 4.79 Å². The van der Waals surface area contributed by atoms with Crippen LogP contribution in [0.5, 0.6) is 0 Å². The van der Waals surface area contributed by atoms with E-state index >= 15 is 0 Å². The normalized spacial score (nSPS) is 16.4. The van der Waals surface area contributed by atoms with E-state index in [0.29, 0.717) is 5.56 Å². The van der Waals surface area contributed by atoms with Gasteiger partial charge in [0.25, 0.3) is 5.91 Å². The van der Waals surface area contributed by atoms with Gasteiger partial charge in [0.05, 0.1) is 7.11 Å². The third-order valence-electron chi connectivity index (χ3n) is 7.57. The summed E-state index contributed by atoms with van der Waals surface area (Å²) in [4.78, 5) is 38.7. The largest absolute Gasteiger partial charge is 0.467 e. The summed E-state index contributed by atoms with van der Waals surface area (Å²) < 4.78 is 10.6. The highest BCUT2D eigenvalue weighted by molar-refractivity contribution is 6.09. The van der Waals surface area contributed by atoms with Crippen molar-refractivity contribution in [1.82, 2.24) is 5.32 Å². The van der Waals surface area contributed by atoms with E-state index in [2.05, 4.69) is 39.1 Å². The summed E-state index contributed by atoms with van der Waals surface area (Å²) in [7, 11) is 1.28. The van der Waals surface area contributed by atoms with Crippen LogP contribution in [0.2, 0.25) is 0 Å². The van der Waals surface area contributed by atoms with Crippen molar-refractivity contribution >= 4 is 17.7 Å². The fourth-order valence-corrected chi connectivity index (χ4v) is 5.10. The number of fused-ring (bicyclic) bond motifs is 1. The Kier molecular flexibility index (Phi) is 7.13. The standard InChI is InChI=1S/C31H35NO5/c1-19-16-22-23(31(4,5)15-14-30(22,2)3)18-21(19)27(33)25-12-13-26(37-25)28(34)32-24(29(35)36-6)17-20-10-8-7-9-11-20/h7-13,16,18,24H,14-15,17H2,1-6H3,(H,32,34). The van der Waals surface area contributed by atoms with Gasteiger partial charge in [-0.1, -0.05) is 64.1 Å². The highest BCUT2D eigenvalue weighted by Crippen LogP contribution is 2.46. The summed E-state index contributed by atoms with van der Waals surface area (Å²) >= 11 is 0. The molecule has 1 aliphatic carbocycles. The lowest BCUT2D eigenvalue weighted by atomic mass is 9.62. The molecule has 0 fully saturated rings. The minimum absolute atomic E-state index is 0.0382. The fraction of sp³-hybridized carbons (Fsp3) is 0.387. The van der Waals surface area contributed by atoms with Gasteiger partial charge in [-0.3, -0.25) is 9.59 Å². The zero-order chi connectivity index (χ0) is 27.0. The molecule has 0 saturated heterocycles. The number of ketones is 1. The van der Waals surface area contributed by atoms with Gasteiger partial charge in [-0.05, 0) is 71.0 Å². The molecule has 37 heavy (non-hydrogen) atoms. The molecule has 0 aliphatic heterocycles. The molecule has 1 aromatic heterocycles. The van der Waals surface area contributed by atoms with E-state index in [1.807, 2.05) is 43.3 Å². The monoisotopic (exact) mass is 501 g/mol. The number of esters is 1. The van der Waals surface area contributed by atoms with Crippen molar-refractivity contribution in [2.75, 3.05) is 7.11 Å². The summed E-state index contributed by atoms with van der Waals surface area (Å²) in [5.74, 6) is -1.38. The molecule has 194 valence electrons. The highest BCUT2D eigenvalue weighted by Gasteiger charge is 2.38. The van der Waals surface area contributed by atoms with Crippen molar-refractivity contribution in [2.24, 2.45) is 0 Å². The van der Waals surface area contributed by atoms with E-state index in [1.54, 1.807) is 0 Å². The van der Waals surface area contributed by atoms with E-state index in [9.17, 15) is 14.4 Å². The Balaban J connectivity index is 1.57. The molecule has 1 unspecified atom stereocenters. The van der Waals surface area contributed by atoms with Crippen LogP contribution in [0.4, 0.5) is 0 Å². The second kappa shape index (κ2) is 10.0. The SMILES string of the molecule is COC(=O)C(Cc1ccccc1)NC(=O)c1ccc(C(=O)c2cc3c(cc2C)C(C)(C)CCC3(C)C)o1. The molecular formula is C31H35NO5. The number of methoxy groups -OCH3 is 1. The molecule has 1 heterocycles. The predicted molar refractivity (Wildman–Crippen MR) is 142 cm³/mol. The topological polar surface area (TPSA) is 85.6 Å². The van der Waals surface area contributed by atoms with Gasteiger partial charge in [-0.2, -0.15) is 0 Å². The Labute approximate surface area is 218 Å². The predicted octanol–water partition coefficient (Wildman–Crippen LogP) is 5.68. The van der Waals surface area contributed by atoms with Crippen molar-refractivity contribution in [3.05, 3.63) is 93.9 Å². The number of hydrogen-bond donors (Lipinski definition) is 1. The number of furan rings is 1. The van der Waals surface area contributed by atoms with Gasteiger partial charge in [0.2, 0.25) is 5.78 Å². The van der Waals surface area contributed by atoms with Crippen molar-refractivity contribution < 1.29 is 23.5 Å². The first-order chi connectivity index (χ1) is 17.4. The molecule has 6 nitrogen and oxygen atoms in total. The second-order valence-corrected chi connectivity index (χ2v) is 11.2. The van der Waals surface area contributed by atoms with Crippen LogP contribution in [0.3, 0.4) is 0 Å². The van der Waals surface area contributed by atoms with Crippen LogP contribution < -0.4 is 5.32 Å². The van der Waals surface area contributed by atoms with Crippen molar-refractivity contribution in [1.29, 1.82) is 0 Å². The maximum Gasteiger partial charge on any atom is 0.328 e. The fourth-order valence-electron chi connectivity index (χ4n) is 5.10.